The van der Waals surface area contributed by atoms with E-state index in [4.69, 9.17) is 4.74 Å². The van der Waals surface area contributed by atoms with E-state index in [-0.39, 0.29) is 0 Å². The Balaban J connectivity index is 1.48. The average Bonchev–Trinajstić information content (AvgIpc) is 3.32. The average molecular weight is 269 g/mol. The van der Waals surface area contributed by atoms with Gasteiger partial charge in [-0.25, -0.2) is 4.98 Å². The Morgan fingerprint density at radius 3 is 2.80 bits per heavy atom. The molecule has 2 unspecified atom stereocenters. The van der Waals surface area contributed by atoms with Crippen LogP contribution in [-0.4, -0.2) is 28.7 Å². The van der Waals surface area contributed by atoms with Crippen LogP contribution in [-0.2, 0) is 4.74 Å². The number of ether oxygens (including phenoxy) is 1. The van der Waals surface area contributed by atoms with Crippen molar-refractivity contribution in [2.24, 2.45) is 5.92 Å². The SMILES string of the molecule is c1ccc2nc(NC3CCOC(C4CC4)C3)cnc2c1. The van der Waals surface area contributed by atoms with Crippen LogP contribution < -0.4 is 5.32 Å². The summed E-state index contributed by atoms with van der Waals surface area (Å²) >= 11 is 0. The predicted octanol–water partition coefficient (Wildman–Crippen LogP) is 3.00. The van der Waals surface area contributed by atoms with Crippen molar-refractivity contribution in [2.75, 3.05) is 11.9 Å². The van der Waals surface area contributed by atoms with Gasteiger partial charge in [-0.1, -0.05) is 12.1 Å². The summed E-state index contributed by atoms with van der Waals surface area (Å²) in [6.07, 6.45) is 7.12. The van der Waals surface area contributed by atoms with Crippen molar-refractivity contribution < 1.29 is 4.74 Å². The van der Waals surface area contributed by atoms with Crippen LogP contribution in [0.2, 0.25) is 0 Å². The van der Waals surface area contributed by atoms with Gasteiger partial charge < -0.3 is 10.1 Å². The van der Waals surface area contributed by atoms with Gasteiger partial charge in [-0.15, -0.1) is 0 Å². The van der Waals surface area contributed by atoms with Crippen molar-refractivity contribution in [2.45, 2.75) is 37.8 Å². The molecule has 2 heterocycles. The number of anilines is 1. The Bertz CT molecular complexity index is 611. The van der Waals surface area contributed by atoms with Crippen LogP contribution in [0.25, 0.3) is 11.0 Å². The standard InChI is InChI=1S/C16H19N3O/c1-2-4-14-13(3-1)17-10-16(19-14)18-12-7-8-20-15(9-12)11-5-6-11/h1-4,10-12,15H,5-9H2,(H,18,19). The van der Waals surface area contributed by atoms with Crippen LogP contribution in [0.15, 0.2) is 30.5 Å². The summed E-state index contributed by atoms with van der Waals surface area (Å²) in [5.74, 6) is 1.69. The molecular formula is C16H19N3O. The fourth-order valence-electron chi connectivity index (χ4n) is 2.99. The van der Waals surface area contributed by atoms with E-state index in [1.807, 2.05) is 30.5 Å². The number of fused-ring (bicyclic) bond motifs is 1. The first-order chi connectivity index (χ1) is 9.88. The molecule has 0 spiro atoms. The van der Waals surface area contributed by atoms with E-state index in [0.29, 0.717) is 12.1 Å². The van der Waals surface area contributed by atoms with Gasteiger partial charge in [0.2, 0.25) is 0 Å². The van der Waals surface area contributed by atoms with Crippen LogP contribution in [0, 0.1) is 5.92 Å². The Kier molecular flexibility index (Phi) is 3.03. The second-order valence-corrected chi connectivity index (χ2v) is 5.86. The van der Waals surface area contributed by atoms with Gasteiger partial charge >= 0.3 is 0 Å². The van der Waals surface area contributed by atoms with Gasteiger partial charge in [0.1, 0.15) is 5.82 Å². The highest BCUT2D eigenvalue weighted by Gasteiger charge is 2.35. The Hall–Kier alpha value is -1.68. The summed E-state index contributed by atoms with van der Waals surface area (Å²) in [7, 11) is 0. The molecule has 1 saturated carbocycles. The molecular weight excluding hydrogens is 250 g/mol. The van der Waals surface area contributed by atoms with Gasteiger partial charge in [-0.3, -0.25) is 4.98 Å². The molecule has 1 aliphatic carbocycles. The van der Waals surface area contributed by atoms with E-state index in [9.17, 15) is 0 Å². The van der Waals surface area contributed by atoms with Crippen molar-refractivity contribution in [1.82, 2.24) is 9.97 Å². The van der Waals surface area contributed by atoms with Crippen LogP contribution in [0.5, 0.6) is 0 Å². The molecule has 20 heavy (non-hydrogen) atoms. The van der Waals surface area contributed by atoms with E-state index >= 15 is 0 Å². The molecule has 104 valence electrons. The van der Waals surface area contributed by atoms with Crippen molar-refractivity contribution >= 4 is 16.9 Å². The quantitative estimate of drug-likeness (QED) is 0.930. The molecule has 1 saturated heterocycles. The number of benzene rings is 1. The minimum absolute atomic E-state index is 0.453. The largest absolute Gasteiger partial charge is 0.378 e. The second-order valence-electron chi connectivity index (χ2n) is 5.86. The molecule has 1 N–H and O–H groups in total. The molecule has 1 aromatic carbocycles. The number of rotatable bonds is 3. The summed E-state index contributed by atoms with van der Waals surface area (Å²) in [5.41, 5.74) is 1.89. The highest BCUT2D eigenvalue weighted by molar-refractivity contribution is 5.75. The van der Waals surface area contributed by atoms with E-state index < -0.39 is 0 Å². The Labute approximate surface area is 118 Å². The molecule has 2 aromatic rings. The van der Waals surface area contributed by atoms with E-state index in [1.165, 1.54) is 12.8 Å². The first kappa shape index (κ1) is 12.1. The third kappa shape index (κ3) is 2.48. The number of nitrogens with one attached hydrogen (secondary N) is 1. The molecule has 0 radical (unpaired) electrons. The third-order valence-electron chi connectivity index (χ3n) is 4.26. The lowest BCUT2D eigenvalue weighted by atomic mass is 10.0. The number of nitrogens with zero attached hydrogens (tertiary/aromatic N) is 2. The van der Waals surface area contributed by atoms with E-state index in [2.05, 4.69) is 15.3 Å². The fourth-order valence-corrected chi connectivity index (χ4v) is 2.99. The van der Waals surface area contributed by atoms with Gasteiger partial charge in [0.05, 0.1) is 23.3 Å². The Morgan fingerprint density at radius 1 is 1.10 bits per heavy atom. The first-order valence-electron chi connectivity index (χ1n) is 7.48. The molecule has 4 heteroatoms. The maximum Gasteiger partial charge on any atom is 0.145 e. The van der Waals surface area contributed by atoms with E-state index in [1.54, 1.807) is 0 Å². The molecule has 2 fully saturated rings. The van der Waals surface area contributed by atoms with Gasteiger partial charge in [-0.05, 0) is 43.7 Å². The molecule has 2 atom stereocenters. The van der Waals surface area contributed by atoms with Crippen molar-refractivity contribution in [3.8, 4) is 0 Å². The van der Waals surface area contributed by atoms with Crippen LogP contribution in [0.4, 0.5) is 5.82 Å². The smallest absolute Gasteiger partial charge is 0.145 e. The molecule has 4 rings (SSSR count). The lowest BCUT2D eigenvalue weighted by Gasteiger charge is -2.30. The topological polar surface area (TPSA) is 47.0 Å². The highest BCUT2D eigenvalue weighted by atomic mass is 16.5. The Morgan fingerprint density at radius 2 is 1.95 bits per heavy atom. The summed E-state index contributed by atoms with van der Waals surface area (Å²) in [6.45, 7) is 0.861. The van der Waals surface area contributed by atoms with E-state index in [0.717, 1.165) is 42.2 Å². The van der Waals surface area contributed by atoms with Crippen LogP contribution >= 0.6 is 0 Å². The molecule has 4 nitrogen and oxygen atoms in total. The van der Waals surface area contributed by atoms with Gasteiger partial charge in [0.25, 0.3) is 0 Å². The van der Waals surface area contributed by atoms with Gasteiger partial charge in [-0.2, -0.15) is 0 Å². The lowest BCUT2D eigenvalue weighted by Crippen LogP contribution is -2.35. The molecule has 1 aromatic heterocycles. The first-order valence-corrected chi connectivity index (χ1v) is 7.48. The predicted molar refractivity (Wildman–Crippen MR) is 78.6 cm³/mol. The van der Waals surface area contributed by atoms with Crippen molar-refractivity contribution in [3.63, 3.8) is 0 Å². The molecule has 2 aliphatic rings. The molecule has 0 amide bonds. The highest BCUT2D eigenvalue weighted by Crippen LogP contribution is 2.38. The minimum Gasteiger partial charge on any atom is -0.378 e. The summed E-state index contributed by atoms with van der Waals surface area (Å²) in [4.78, 5) is 9.10. The molecule has 0 bridgehead atoms. The van der Waals surface area contributed by atoms with Gasteiger partial charge in [0, 0.05) is 12.6 Å². The van der Waals surface area contributed by atoms with Crippen LogP contribution in [0.3, 0.4) is 0 Å². The van der Waals surface area contributed by atoms with Crippen LogP contribution in [0.1, 0.15) is 25.7 Å². The summed E-state index contributed by atoms with van der Waals surface area (Å²) < 4.78 is 5.86. The zero-order valence-electron chi connectivity index (χ0n) is 11.5. The lowest BCUT2D eigenvalue weighted by molar-refractivity contribution is -0.00223. The van der Waals surface area contributed by atoms with Gasteiger partial charge in [0.15, 0.2) is 0 Å². The normalized spacial score (nSPS) is 26.6. The fraction of sp³-hybridized carbons (Fsp3) is 0.500. The zero-order valence-corrected chi connectivity index (χ0v) is 11.5. The summed E-state index contributed by atoms with van der Waals surface area (Å²) in [5, 5.41) is 3.53. The zero-order chi connectivity index (χ0) is 13.4. The number of aromatic nitrogens is 2. The number of hydrogen-bond acceptors (Lipinski definition) is 4. The second kappa shape index (κ2) is 5.02. The third-order valence-corrected chi connectivity index (χ3v) is 4.26. The maximum absolute atomic E-state index is 5.86. The summed E-state index contributed by atoms with van der Waals surface area (Å²) in [6, 6.07) is 8.44. The number of para-hydroxylation sites is 2. The van der Waals surface area contributed by atoms with Crippen molar-refractivity contribution in [3.05, 3.63) is 30.5 Å². The monoisotopic (exact) mass is 269 g/mol. The number of hydrogen-bond donors (Lipinski definition) is 1. The maximum atomic E-state index is 5.86. The van der Waals surface area contributed by atoms with Crippen molar-refractivity contribution in [1.29, 1.82) is 0 Å². The molecule has 1 aliphatic heterocycles. The minimum atomic E-state index is 0.453.